The molecule has 24 heavy (non-hydrogen) atoms. The average molecular weight is 346 g/mol. The molecular weight excluding hydrogens is 324 g/mol. The molecule has 128 valence electrons. The van der Waals surface area contributed by atoms with Gasteiger partial charge in [0.05, 0.1) is 10.6 Å². The van der Waals surface area contributed by atoms with E-state index in [1.807, 2.05) is 32.1 Å². The number of rotatable bonds is 4. The van der Waals surface area contributed by atoms with Crippen LogP contribution in [0.4, 0.5) is 0 Å². The van der Waals surface area contributed by atoms with Crippen LogP contribution in [-0.2, 0) is 4.79 Å². The molecule has 0 saturated heterocycles. The maximum absolute atomic E-state index is 11.9. The van der Waals surface area contributed by atoms with Crippen LogP contribution in [0, 0.1) is 0 Å². The second-order valence-corrected chi connectivity index (χ2v) is 6.02. The van der Waals surface area contributed by atoms with E-state index >= 15 is 0 Å². The molecule has 7 nitrogen and oxygen atoms in total. The van der Waals surface area contributed by atoms with Crippen LogP contribution in [0.2, 0.25) is 0 Å². The lowest BCUT2D eigenvalue weighted by Gasteiger charge is -2.21. The third kappa shape index (κ3) is 3.59. The van der Waals surface area contributed by atoms with Gasteiger partial charge in [-0.2, -0.15) is 4.68 Å². The van der Waals surface area contributed by atoms with E-state index in [0.717, 1.165) is 10.7 Å². The fraction of sp³-hybridized carbons (Fsp3) is 0.375. The zero-order valence-corrected chi connectivity index (χ0v) is 15.2. The lowest BCUT2D eigenvalue weighted by Crippen LogP contribution is -2.31. The van der Waals surface area contributed by atoms with Crippen LogP contribution in [0.25, 0.3) is 10.6 Å². The first kappa shape index (κ1) is 18.0. The zero-order chi connectivity index (χ0) is 17.7. The molecule has 0 unspecified atom stereocenters. The van der Waals surface area contributed by atoms with Crippen LogP contribution < -0.4 is 5.73 Å². The van der Waals surface area contributed by atoms with Crippen molar-refractivity contribution in [2.45, 2.75) is 20.8 Å². The molecule has 2 N–H and O–H groups in total. The van der Waals surface area contributed by atoms with Gasteiger partial charge in [0.2, 0.25) is 11.9 Å². The second-order valence-electron chi connectivity index (χ2n) is 4.96. The molecule has 0 atom stereocenters. The number of allylic oxidation sites excluding steroid dienone is 3. The SMILES string of the molecule is C/C=C(/c1nc(C2=CC=CCS2)nn1C(N)=NC)N(CC)C(C)=O. The van der Waals surface area contributed by atoms with Gasteiger partial charge in [-0.1, -0.05) is 18.2 Å². The van der Waals surface area contributed by atoms with Crippen LogP contribution >= 0.6 is 11.8 Å². The Labute approximate surface area is 146 Å². The normalized spacial score (nSPS) is 15.4. The van der Waals surface area contributed by atoms with Crippen molar-refractivity contribution in [2.24, 2.45) is 10.7 Å². The summed E-state index contributed by atoms with van der Waals surface area (Å²) >= 11 is 1.65. The summed E-state index contributed by atoms with van der Waals surface area (Å²) in [6, 6.07) is 0. The first-order valence-corrected chi connectivity index (χ1v) is 8.66. The third-order valence-corrected chi connectivity index (χ3v) is 4.47. The van der Waals surface area contributed by atoms with E-state index in [0.29, 0.717) is 23.9 Å². The molecule has 1 amide bonds. The Morgan fingerprint density at radius 1 is 1.58 bits per heavy atom. The Balaban J connectivity index is 2.58. The number of hydrogen-bond acceptors (Lipinski definition) is 5. The fourth-order valence-electron chi connectivity index (χ4n) is 2.34. The van der Waals surface area contributed by atoms with Gasteiger partial charge in [0, 0.05) is 26.3 Å². The van der Waals surface area contributed by atoms with Gasteiger partial charge in [-0.15, -0.1) is 16.9 Å². The largest absolute Gasteiger partial charge is 0.368 e. The zero-order valence-electron chi connectivity index (χ0n) is 14.4. The van der Waals surface area contributed by atoms with E-state index < -0.39 is 0 Å². The topological polar surface area (TPSA) is 89.4 Å². The highest BCUT2D eigenvalue weighted by Gasteiger charge is 2.23. The minimum atomic E-state index is -0.0668. The minimum Gasteiger partial charge on any atom is -0.368 e. The molecule has 8 heteroatoms. The Morgan fingerprint density at radius 2 is 2.33 bits per heavy atom. The Kier molecular flexibility index (Phi) is 5.97. The smallest absolute Gasteiger partial charge is 0.223 e. The molecule has 2 heterocycles. The van der Waals surface area contributed by atoms with Gasteiger partial charge in [-0.05, 0) is 19.9 Å². The predicted molar refractivity (Wildman–Crippen MR) is 99.3 cm³/mol. The maximum Gasteiger partial charge on any atom is 0.223 e. The summed E-state index contributed by atoms with van der Waals surface area (Å²) in [6.45, 7) is 5.82. The van der Waals surface area contributed by atoms with E-state index in [1.54, 1.807) is 23.7 Å². The van der Waals surface area contributed by atoms with Gasteiger partial charge < -0.3 is 10.6 Å². The lowest BCUT2D eigenvalue weighted by atomic mass is 10.3. The van der Waals surface area contributed by atoms with E-state index in [4.69, 9.17) is 5.73 Å². The first-order valence-electron chi connectivity index (χ1n) is 7.67. The number of hydrogen-bond donors (Lipinski definition) is 1. The monoisotopic (exact) mass is 346 g/mol. The predicted octanol–water partition coefficient (Wildman–Crippen LogP) is 1.94. The molecule has 2 rings (SSSR count). The molecule has 0 saturated carbocycles. The van der Waals surface area contributed by atoms with Crippen molar-refractivity contribution in [3.8, 4) is 0 Å². The summed E-state index contributed by atoms with van der Waals surface area (Å²) in [4.78, 5) is 23.2. The van der Waals surface area contributed by atoms with Crippen LogP contribution in [-0.4, -0.2) is 50.9 Å². The molecule has 1 aliphatic rings. The highest BCUT2D eigenvalue weighted by molar-refractivity contribution is 8.08. The van der Waals surface area contributed by atoms with Crippen LogP contribution in [0.15, 0.2) is 29.3 Å². The van der Waals surface area contributed by atoms with E-state index in [-0.39, 0.29) is 11.9 Å². The molecule has 0 fully saturated rings. The van der Waals surface area contributed by atoms with E-state index in [2.05, 4.69) is 21.2 Å². The number of amides is 1. The molecule has 1 aliphatic heterocycles. The van der Waals surface area contributed by atoms with Gasteiger partial charge in [-0.25, -0.2) is 4.98 Å². The van der Waals surface area contributed by atoms with Crippen LogP contribution in [0.5, 0.6) is 0 Å². The van der Waals surface area contributed by atoms with Crippen molar-refractivity contribution in [1.29, 1.82) is 0 Å². The summed E-state index contributed by atoms with van der Waals surface area (Å²) in [5.41, 5.74) is 6.65. The summed E-state index contributed by atoms with van der Waals surface area (Å²) in [5.74, 6) is 2.11. The van der Waals surface area contributed by atoms with Crippen molar-refractivity contribution >= 4 is 34.2 Å². The number of thioether (sulfide) groups is 1. The van der Waals surface area contributed by atoms with Crippen molar-refractivity contribution in [2.75, 3.05) is 19.3 Å². The molecule has 1 aromatic heterocycles. The summed E-state index contributed by atoms with van der Waals surface area (Å²) < 4.78 is 1.48. The van der Waals surface area contributed by atoms with Gasteiger partial charge >= 0.3 is 0 Å². The number of carbonyl (C=O) groups is 1. The standard InChI is InChI=1S/C16H22N6OS/c1-5-12(21(6-2)11(3)23)15-19-14(13-9-7-8-10-24-13)20-22(15)16(17)18-4/h5,7-9H,6,10H2,1-4H3,(H2,17,18)/b12-5-. The first-order chi connectivity index (χ1) is 11.5. The summed E-state index contributed by atoms with van der Waals surface area (Å²) in [6.07, 6.45) is 7.85. The average Bonchev–Trinajstić information content (AvgIpc) is 3.04. The molecule has 0 radical (unpaired) electrons. The molecule has 0 bridgehead atoms. The van der Waals surface area contributed by atoms with Crippen LogP contribution in [0.1, 0.15) is 32.4 Å². The van der Waals surface area contributed by atoms with Crippen molar-refractivity contribution in [3.05, 3.63) is 36.0 Å². The summed E-state index contributed by atoms with van der Waals surface area (Å²) in [5, 5.41) is 4.50. The minimum absolute atomic E-state index is 0.0668. The van der Waals surface area contributed by atoms with Gasteiger partial charge in [0.25, 0.3) is 0 Å². The number of aliphatic imine (C=N–C) groups is 1. The Morgan fingerprint density at radius 3 is 2.83 bits per heavy atom. The van der Waals surface area contributed by atoms with Gasteiger partial charge in [0.15, 0.2) is 11.6 Å². The maximum atomic E-state index is 11.9. The highest BCUT2D eigenvalue weighted by atomic mass is 32.2. The fourth-order valence-corrected chi connectivity index (χ4v) is 3.12. The molecule has 0 aromatic carbocycles. The number of nitrogens with two attached hydrogens (primary N) is 1. The van der Waals surface area contributed by atoms with Crippen molar-refractivity contribution in [3.63, 3.8) is 0 Å². The highest BCUT2D eigenvalue weighted by Crippen LogP contribution is 2.29. The third-order valence-electron chi connectivity index (χ3n) is 3.48. The van der Waals surface area contributed by atoms with Gasteiger partial charge in [0.1, 0.15) is 0 Å². The van der Waals surface area contributed by atoms with Crippen molar-refractivity contribution in [1.82, 2.24) is 19.7 Å². The second kappa shape index (κ2) is 7.96. The molecule has 0 aliphatic carbocycles. The Bertz CT molecular complexity index is 744. The van der Waals surface area contributed by atoms with Crippen molar-refractivity contribution < 1.29 is 4.79 Å². The quantitative estimate of drug-likeness (QED) is 0.665. The number of carbonyl (C=O) groups excluding carboxylic acids is 1. The molecule has 1 aromatic rings. The lowest BCUT2D eigenvalue weighted by molar-refractivity contribution is -0.125. The molecule has 0 spiro atoms. The van der Waals surface area contributed by atoms with Crippen LogP contribution in [0.3, 0.4) is 0 Å². The summed E-state index contributed by atoms with van der Waals surface area (Å²) in [7, 11) is 1.59. The van der Waals surface area contributed by atoms with Gasteiger partial charge in [-0.3, -0.25) is 9.79 Å². The van der Waals surface area contributed by atoms with E-state index in [1.165, 1.54) is 11.6 Å². The molecular formula is C16H22N6OS. The number of aromatic nitrogens is 3. The number of nitrogens with zero attached hydrogens (tertiary/aromatic N) is 5. The van der Waals surface area contributed by atoms with E-state index in [9.17, 15) is 4.79 Å². The Hall–Kier alpha value is -2.35.